The normalized spacial score (nSPS) is 7.17. The van der Waals surface area contributed by atoms with Crippen molar-refractivity contribution in [3.63, 3.8) is 0 Å². The van der Waals surface area contributed by atoms with Gasteiger partial charge in [-0.25, -0.2) is 0 Å². The first kappa shape index (κ1) is 10.0. The van der Waals surface area contributed by atoms with Crippen molar-refractivity contribution in [1.82, 2.24) is 6.15 Å². The Morgan fingerprint density at radius 2 is 2.00 bits per heavy atom. The average Bonchev–Trinajstić information content (AvgIpc) is 1.41. The first-order valence-electron chi connectivity index (χ1n) is 2.12. The summed E-state index contributed by atoms with van der Waals surface area (Å²) in [7, 11) is 0. The Morgan fingerprint density at radius 3 is 2.00 bits per heavy atom. The van der Waals surface area contributed by atoms with Crippen LogP contribution in [-0.4, -0.2) is 34.5 Å². The van der Waals surface area contributed by atoms with Crippen LogP contribution in [0.15, 0.2) is 0 Å². The van der Waals surface area contributed by atoms with E-state index in [1.165, 1.54) is 38.0 Å². The molecule has 0 fully saturated rings. The first-order valence-corrected chi connectivity index (χ1v) is 3.53. The van der Waals surface area contributed by atoms with Crippen LogP contribution < -0.4 is 11.9 Å². The minimum absolute atomic E-state index is 0. The van der Waals surface area contributed by atoms with Gasteiger partial charge in [0.1, 0.15) is 0 Å². The zero-order chi connectivity index (χ0) is 4.12. The van der Waals surface area contributed by atoms with Crippen LogP contribution in [0.4, 0.5) is 0 Å². The van der Waals surface area contributed by atoms with E-state index in [-0.39, 0.29) is 6.15 Å². The maximum atomic E-state index is 5.16. The van der Waals surface area contributed by atoms with Crippen molar-refractivity contribution in [2.24, 2.45) is 5.73 Å². The van der Waals surface area contributed by atoms with E-state index in [4.69, 9.17) is 5.73 Å². The van der Waals surface area contributed by atoms with Gasteiger partial charge in [0.05, 0.1) is 0 Å². The van der Waals surface area contributed by atoms with Crippen LogP contribution in [0, 0.1) is 0 Å². The molecule has 0 aliphatic carbocycles. The second-order valence-electron chi connectivity index (χ2n) is 1.14. The summed E-state index contributed by atoms with van der Waals surface area (Å²) in [6.07, 6.45) is 1.23. The van der Waals surface area contributed by atoms with Gasteiger partial charge in [-0.2, -0.15) is 0 Å². The van der Waals surface area contributed by atoms with E-state index in [2.05, 4.69) is 0 Å². The molecule has 0 aromatic heterocycles. The molecule has 3 heteroatoms. The SMILES string of the molecule is N.NCC[CH2][Na]. The molecule has 0 aliphatic rings. The van der Waals surface area contributed by atoms with Gasteiger partial charge in [0.2, 0.25) is 0 Å². The van der Waals surface area contributed by atoms with E-state index in [1.807, 2.05) is 0 Å². The fourth-order valence-corrected chi connectivity index (χ4v) is 0.612. The zero-order valence-corrected chi connectivity index (χ0v) is 6.41. The molecule has 6 heavy (non-hydrogen) atoms. The van der Waals surface area contributed by atoms with E-state index < -0.39 is 0 Å². The van der Waals surface area contributed by atoms with Crippen LogP contribution in [0.3, 0.4) is 0 Å². The molecule has 0 aromatic rings. The summed E-state index contributed by atoms with van der Waals surface area (Å²) >= 11 is 1.32. The Kier molecular flexibility index (Phi) is 15.6. The van der Waals surface area contributed by atoms with Crippen LogP contribution in [0.2, 0.25) is 3.67 Å². The van der Waals surface area contributed by atoms with Crippen molar-refractivity contribution >= 4 is 27.9 Å². The van der Waals surface area contributed by atoms with Gasteiger partial charge in [0.15, 0.2) is 0 Å². The fourth-order valence-electron chi connectivity index (χ4n) is 0.204. The van der Waals surface area contributed by atoms with E-state index >= 15 is 0 Å². The van der Waals surface area contributed by atoms with Gasteiger partial charge in [-0.3, -0.25) is 0 Å². The quantitative estimate of drug-likeness (QED) is 0.480. The van der Waals surface area contributed by atoms with Crippen molar-refractivity contribution < 1.29 is 0 Å². The van der Waals surface area contributed by atoms with E-state index in [0.29, 0.717) is 0 Å². The molecule has 0 unspecified atom stereocenters. The molecule has 0 bridgehead atoms. The van der Waals surface area contributed by atoms with E-state index in [1.54, 1.807) is 0 Å². The molecule has 0 amide bonds. The third-order valence-corrected chi connectivity index (χ3v) is 1.26. The molecule has 0 saturated heterocycles. The molecule has 0 aromatic carbocycles. The monoisotopic (exact) mass is 98.1 g/mol. The zero-order valence-electron chi connectivity index (χ0n) is 4.41. The van der Waals surface area contributed by atoms with Crippen molar-refractivity contribution in [3.05, 3.63) is 0 Å². The molecular formula is C3H11N2Na. The van der Waals surface area contributed by atoms with Crippen LogP contribution in [0.25, 0.3) is 0 Å². The fraction of sp³-hybridized carbons (Fsp3) is 1.00. The molecule has 0 spiro atoms. The third-order valence-electron chi connectivity index (χ3n) is 0.558. The number of hydrogen-bond acceptors (Lipinski definition) is 2. The summed E-state index contributed by atoms with van der Waals surface area (Å²) < 4.78 is 1.36. The van der Waals surface area contributed by atoms with Crippen LogP contribution >= 0.6 is 0 Å². The molecule has 5 N–H and O–H groups in total. The third kappa shape index (κ3) is 8.87. The van der Waals surface area contributed by atoms with Crippen LogP contribution in [0.1, 0.15) is 6.42 Å². The molecule has 34 valence electrons. The summed E-state index contributed by atoms with van der Waals surface area (Å²) in [5, 5.41) is 0. The van der Waals surface area contributed by atoms with E-state index in [9.17, 15) is 0 Å². The minimum atomic E-state index is 0. The van der Waals surface area contributed by atoms with Crippen molar-refractivity contribution in [2.75, 3.05) is 6.54 Å². The molecular weight excluding hydrogens is 87.0 g/mol. The molecule has 0 radical (unpaired) electrons. The molecule has 2 nitrogen and oxygen atoms in total. The second kappa shape index (κ2) is 9.33. The Bertz CT molecular complexity index is 16.3. The number of nitrogens with two attached hydrogens (primary N) is 1. The summed E-state index contributed by atoms with van der Waals surface area (Å²) in [6, 6.07) is 0. The number of hydrogen-bond donors (Lipinski definition) is 2. The average molecular weight is 98.1 g/mol. The summed E-state index contributed by atoms with van der Waals surface area (Å²) in [4.78, 5) is 0. The molecule has 0 saturated carbocycles. The number of rotatable bonds is 2. The van der Waals surface area contributed by atoms with Crippen molar-refractivity contribution in [3.8, 4) is 0 Å². The topological polar surface area (TPSA) is 61.0 Å². The predicted octanol–water partition coefficient (Wildman–Crippen LogP) is 0.0840. The maximum absolute atomic E-state index is 5.16. The van der Waals surface area contributed by atoms with Gasteiger partial charge in [0.25, 0.3) is 0 Å². The Hall–Kier alpha value is 0.920. The first-order chi connectivity index (χ1) is 2.41. The van der Waals surface area contributed by atoms with Gasteiger partial charge < -0.3 is 6.15 Å². The van der Waals surface area contributed by atoms with Crippen molar-refractivity contribution in [2.45, 2.75) is 10.1 Å². The molecule has 0 heterocycles. The van der Waals surface area contributed by atoms with E-state index in [0.717, 1.165) is 6.54 Å². The predicted molar refractivity (Wildman–Crippen MR) is 29.3 cm³/mol. The summed E-state index contributed by atoms with van der Waals surface area (Å²) in [6.45, 7) is 0.878. The molecule has 0 atom stereocenters. The van der Waals surface area contributed by atoms with Gasteiger partial charge in [-0.15, -0.1) is 0 Å². The molecule has 0 aliphatic heterocycles. The van der Waals surface area contributed by atoms with Crippen molar-refractivity contribution in [1.29, 1.82) is 0 Å². The standard InChI is InChI=1S/C3H8N.H3N.Na/c1-2-3-4;;/h1-4H2;1H3;. The van der Waals surface area contributed by atoms with Crippen LogP contribution in [-0.2, 0) is 0 Å². The van der Waals surface area contributed by atoms with Gasteiger partial charge >= 0.3 is 50.3 Å². The summed E-state index contributed by atoms with van der Waals surface area (Å²) in [5.41, 5.74) is 5.16. The molecule has 0 rings (SSSR count). The Labute approximate surface area is 56.5 Å². The van der Waals surface area contributed by atoms with Crippen LogP contribution in [0.5, 0.6) is 0 Å². The van der Waals surface area contributed by atoms with Gasteiger partial charge in [-0.05, 0) is 0 Å². The van der Waals surface area contributed by atoms with Gasteiger partial charge in [0, 0.05) is 0 Å². The Balaban J connectivity index is 0. The summed E-state index contributed by atoms with van der Waals surface area (Å²) in [5.74, 6) is 0. The Morgan fingerprint density at radius 1 is 1.50 bits per heavy atom. The van der Waals surface area contributed by atoms with Gasteiger partial charge in [-0.1, -0.05) is 0 Å². The second-order valence-corrected chi connectivity index (χ2v) is 2.14.